The predicted octanol–water partition coefficient (Wildman–Crippen LogP) is 1.46. The van der Waals surface area contributed by atoms with Crippen LogP contribution in [0.15, 0.2) is 24.3 Å². The summed E-state index contributed by atoms with van der Waals surface area (Å²) in [5, 5.41) is 8.72. The first-order chi connectivity index (χ1) is 9.36. The van der Waals surface area contributed by atoms with Gasteiger partial charge in [0.25, 0.3) is 10.2 Å². The molecular formula is C14H24N2O3S. The highest BCUT2D eigenvalue weighted by molar-refractivity contribution is 7.87. The second-order valence-electron chi connectivity index (χ2n) is 5.12. The Morgan fingerprint density at radius 1 is 1.25 bits per heavy atom. The molecular weight excluding hydrogens is 276 g/mol. The van der Waals surface area contributed by atoms with E-state index in [9.17, 15) is 8.42 Å². The Hall–Kier alpha value is -0.950. The standard InChI is InChI=1S/C14H24N2O3S/c1-12(2)14-7-5-13(6-8-14)11-15-20(18,19)16(3)9-4-10-17/h5-8,12,15,17H,4,9-11H2,1-3H3. The van der Waals surface area contributed by atoms with Crippen LogP contribution in [0.5, 0.6) is 0 Å². The van der Waals surface area contributed by atoms with Gasteiger partial charge >= 0.3 is 0 Å². The van der Waals surface area contributed by atoms with Crippen LogP contribution in [0.25, 0.3) is 0 Å². The van der Waals surface area contributed by atoms with Gasteiger partial charge in [-0.15, -0.1) is 0 Å². The van der Waals surface area contributed by atoms with Crippen molar-refractivity contribution in [2.24, 2.45) is 0 Å². The highest BCUT2D eigenvalue weighted by Crippen LogP contribution is 2.14. The molecule has 0 bridgehead atoms. The van der Waals surface area contributed by atoms with E-state index in [4.69, 9.17) is 5.11 Å². The van der Waals surface area contributed by atoms with Crippen LogP contribution < -0.4 is 4.72 Å². The molecule has 0 fully saturated rings. The summed E-state index contributed by atoms with van der Waals surface area (Å²) in [4.78, 5) is 0. The van der Waals surface area contributed by atoms with E-state index in [0.29, 0.717) is 18.9 Å². The molecule has 2 N–H and O–H groups in total. The molecule has 1 aromatic carbocycles. The van der Waals surface area contributed by atoms with Crippen LogP contribution >= 0.6 is 0 Å². The molecule has 6 heteroatoms. The third-order valence-electron chi connectivity index (χ3n) is 3.15. The van der Waals surface area contributed by atoms with Gasteiger partial charge in [0, 0.05) is 26.7 Å². The molecule has 0 aliphatic carbocycles. The minimum absolute atomic E-state index is 0.0173. The van der Waals surface area contributed by atoms with E-state index in [1.54, 1.807) is 0 Å². The van der Waals surface area contributed by atoms with Crippen LogP contribution in [-0.4, -0.2) is 38.0 Å². The van der Waals surface area contributed by atoms with Gasteiger partial charge in [-0.2, -0.15) is 17.4 Å². The largest absolute Gasteiger partial charge is 0.396 e. The van der Waals surface area contributed by atoms with Crippen LogP contribution in [0.3, 0.4) is 0 Å². The van der Waals surface area contributed by atoms with Crippen molar-refractivity contribution in [3.05, 3.63) is 35.4 Å². The van der Waals surface area contributed by atoms with Crippen molar-refractivity contribution in [1.29, 1.82) is 0 Å². The monoisotopic (exact) mass is 300 g/mol. The lowest BCUT2D eigenvalue weighted by Crippen LogP contribution is -2.38. The molecule has 0 amide bonds. The highest BCUT2D eigenvalue weighted by atomic mass is 32.2. The molecule has 0 aromatic heterocycles. The number of rotatable bonds is 8. The third kappa shape index (κ3) is 5.20. The molecule has 0 aliphatic rings. The lowest BCUT2D eigenvalue weighted by molar-refractivity contribution is 0.275. The fraction of sp³-hybridized carbons (Fsp3) is 0.571. The molecule has 5 nitrogen and oxygen atoms in total. The fourth-order valence-corrected chi connectivity index (χ4v) is 2.66. The molecule has 0 spiro atoms. The second-order valence-corrected chi connectivity index (χ2v) is 6.98. The summed E-state index contributed by atoms with van der Waals surface area (Å²) < 4.78 is 27.6. The topological polar surface area (TPSA) is 69.6 Å². The summed E-state index contributed by atoms with van der Waals surface area (Å²) in [6.45, 7) is 4.79. The molecule has 0 saturated carbocycles. The summed E-state index contributed by atoms with van der Waals surface area (Å²) in [6, 6.07) is 7.91. The summed E-state index contributed by atoms with van der Waals surface area (Å²) in [7, 11) is -1.99. The Morgan fingerprint density at radius 2 is 1.85 bits per heavy atom. The number of hydrogen-bond donors (Lipinski definition) is 2. The van der Waals surface area contributed by atoms with Gasteiger partial charge < -0.3 is 5.11 Å². The molecule has 20 heavy (non-hydrogen) atoms. The summed E-state index contributed by atoms with van der Waals surface area (Å²) in [5.74, 6) is 0.463. The van der Waals surface area contributed by atoms with Gasteiger partial charge in [0.2, 0.25) is 0 Å². The first kappa shape index (κ1) is 17.1. The van der Waals surface area contributed by atoms with Crippen LogP contribution in [0.4, 0.5) is 0 Å². The average molecular weight is 300 g/mol. The molecule has 0 saturated heterocycles. The van der Waals surface area contributed by atoms with Crippen molar-refractivity contribution >= 4 is 10.2 Å². The zero-order chi connectivity index (χ0) is 15.2. The van der Waals surface area contributed by atoms with Gasteiger partial charge in [0.05, 0.1) is 0 Å². The van der Waals surface area contributed by atoms with E-state index in [0.717, 1.165) is 5.56 Å². The van der Waals surface area contributed by atoms with Gasteiger partial charge in [-0.05, 0) is 23.5 Å². The van der Waals surface area contributed by atoms with Crippen molar-refractivity contribution in [1.82, 2.24) is 9.03 Å². The quantitative estimate of drug-likeness (QED) is 0.763. The normalized spacial score (nSPS) is 12.3. The van der Waals surface area contributed by atoms with Gasteiger partial charge in [0.15, 0.2) is 0 Å². The lowest BCUT2D eigenvalue weighted by atomic mass is 10.0. The molecule has 0 atom stereocenters. The molecule has 0 unspecified atom stereocenters. The number of nitrogens with one attached hydrogen (secondary N) is 1. The van der Waals surface area contributed by atoms with Crippen molar-refractivity contribution in [3.8, 4) is 0 Å². The van der Waals surface area contributed by atoms with Gasteiger partial charge in [-0.3, -0.25) is 0 Å². The maximum absolute atomic E-state index is 11.9. The van der Waals surface area contributed by atoms with E-state index in [2.05, 4.69) is 18.6 Å². The van der Waals surface area contributed by atoms with Crippen molar-refractivity contribution < 1.29 is 13.5 Å². The predicted molar refractivity (Wildman–Crippen MR) is 80.6 cm³/mol. The minimum atomic E-state index is -3.48. The van der Waals surface area contributed by atoms with Crippen molar-refractivity contribution in [2.75, 3.05) is 20.2 Å². The second kappa shape index (κ2) is 7.73. The van der Waals surface area contributed by atoms with Crippen molar-refractivity contribution in [3.63, 3.8) is 0 Å². The van der Waals surface area contributed by atoms with E-state index in [1.807, 2.05) is 24.3 Å². The van der Waals surface area contributed by atoms with Crippen LogP contribution in [0.1, 0.15) is 37.3 Å². The van der Waals surface area contributed by atoms with Crippen LogP contribution in [0, 0.1) is 0 Å². The number of aliphatic hydroxyl groups is 1. The maximum Gasteiger partial charge on any atom is 0.279 e. The average Bonchev–Trinajstić information content (AvgIpc) is 2.43. The molecule has 1 aromatic rings. The SMILES string of the molecule is CC(C)c1ccc(CNS(=O)(=O)N(C)CCCO)cc1. The number of hydrogen-bond acceptors (Lipinski definition) is 3. The van der Waals surface area contributed by atoms with E-state index >= 15 is 0 Å². The zero-order valence-electron chi connectivity index (χ0n) is 12.3. The lowest BCUT2D eigenvalue weighted by Gasteiger charge is -2.17. The number of nitrogens with zero attached hydrogens (tertiary/aromatic N) is 1. The Morgan fingerprint density at radius 3 is 2.35 bits per heavy atom. The summed E-state index contributed by atoms with van der Waals surface area (Å²) in [5.41, 5.74) is 2.16. The maximum atomic E-state index is 11.9. The molecule has 114 valence electrons. The fourth-order valence-electron chi connectivity index (χ4n) is 1.72. The Kier molecular flexibility index (Phi) is 6.61. The van der Waals surface area contributed by atoms with Crippen LogP contribution in [0.2, 0.25) is 0 Å². The first-order valence-corrected chi connectivity index (χ1v) is 8.21. The Balaban J connectivity index is 2.57. The zero-order valence-corrected chi connectivity index (χ0v) is 13.2. The van der Waals surface area contributed by atoms with Crippen molar-refractivity contribution in [2.45, 2.75) is 32.7 Å². The Labute approximate surface area is 121 Å². The van der Waals surface area contributed by atoms with Gasteiger partial charge in [-0.1, -0.05) is 38.1 Å². The minimum Gasteiger partial charge on any atom is -0.396 e. The first-order valence-electron chi connectivity index (χ1n) is 6.77. The Bertz CT molecular complexity index is 498. The number of aliphatic hydroxyl groups excluding tert-OH is 1. The third-order valence-corrected chi connectivity index (χ3v) is 4.66. The molecule has 0 radical (unpaired) electrons. The highest BCUT2D eigenvalue weighted by Gasteiger charge is 2.16. The number of benzene rings is 1. The smallest absolute Gasteiger partial charge is 0.279 e. The van der Waals surface area contributed by atoms with Crippen LogP contribution in [-0.2, 0) is 16.8 Å². The summed E-state index contributed by atoms with van der Waals surface area (Å²) in [6.07, 6.45) is 0.431. The van der Waals surface area contributed by atoms with Gasteiger partial charge in [0.1, 0.15) is 0 Å². The van der Waals surface area contributed by atoms with E-state index in [1.165, 1.54) is 16.9 Å². The molecule has 0 aliphatic heterocycles. The molecule has 1 rings (SSSR count). The molecule has 0 heterocycles. The summed E-state index contributed by atoms with van der Waals surface area (Å²) >= 11 is 0. The van der Waals surface area contributed by atoms with Gasteiger partial charge in [-0.25, -0.2) is 0 Å². The van der Waals surface area contributed by atoms with E-state index in [-0.39, 0.29) is 13.2 Å². The van der Waals surface area contributed by atoms with E-state index < -0.39 is 10.2 Å².